The number of aromatic nitrogens is 2. The number of aliphatic hydroxyl groups is 1. The third kappa shape index (κ3) is 3.87. The lowest BCUT2D eigenvalue weighted by Crippen LogP contribution is -1.85. The van der Waals surface area contributed by atoms with Gasteiger partial charge in [0.05, 0.1) is 0 Å². The molecule has 1 N–H and O–H groups in total. The van der Waals surface area contributed by atoms with Gasteiger partial charge in [-0.2, -0.15) is 0 Å². The monoisotopic (exact) mass is 202 g/mol. The minimum absolute atomic E-state index is 0.250. The van der Waals surface area contributed by atoms with Gasteiger partial charge in [0.2, 0.25) is 0 Å². The van der Waals surface area contributed by atoms with Gasteiger partial charge in [-0.25, -0.2) is 0 Å². The van der Waals surface area contributed by atoms with E-state index >= 15 is 0 Å². The van der Waals surface area contributed by atoms with Crippen molar-refractivity contribution in [3.8, 4) is 11.1 Å². The van der Waals surface area contributed by atoms with Crippen molar-refractivity contribution in [1.82, 2.24) is 9.97 Å². The summed E-state index contributed by atoms with van der Waals surface area (Å²) in [5.41, 5.74) is 2.85. The summed E-state index contributed by atoms with van der Waals surface area (Å²) >= 11 is 0. The molecule has 15 heavy (non-hydrogen) atoms. The predicted octanol–water partition coefficient (Wildman–Crippen LogP) is 2.14. The maximum Gasteiger partial charge on any atom is 0.0451 e. The van der Waals surface area contributed by atoms with Crippen LogP contribution in [0.4, 0.5) is 0 Å². The molecule has 0 radical (unpaired) electrons. The van der Waals surface area contributed by atoms with Gasteiger partial charge in [0.1, 0.15) is 0 Å². The van der Waals surface area contributed by atoms with Gasteiger partial charge in [-0.05, 0) is 18.1 Å². The first-order chi connectivity index (χ1) is 7.38. The van der Waals surface area contributed by atoms with E-state index < -0.39 is 0 Å². The Bertz CT molecular complexity index is 309. The minimum Gasteiger partial charge on any atom is -0.397 e. The van der Waals surface area contributed by atoms with Gasteiger partial charge >= 0.3 is 0 Å². The van der Waals surface area contributed by atoms with Crippen LogP contribution < -0.4 is 0 Å². The Morgan fingerprint density at radius 1 is 0.867 bits per heavy atom. The van der Waals surface area contributed by atoms with Crippen LogP contribution in [0.25, 0.3) is 11.1 Å². The molecule has 0 saturated heterocycles. The zero-order valence-corrected chi connectivity index (χ0v) is 8.67. The van der Waals surface area contributed by atoms with Crippen LogP contribution in [-0.2, 0) is 0 Å². The maximum atomic E-state index is 7.57. The molecule has 0 fully saturated rings. The van der Waals surface area contributed by atoms with E-state index in [1.54, 1.807) is 31.7 Å². The van der Waals surface area contributed by atoms with Crippen molar-refractivity contribution in [3.63, 3.8) is 0 Å². The highest BCUT2D eigenvalue weighted by Gasteiger charge is 2.03. The smallest absolute Gasteiger partial charge is 0.0451 e. The van der Waals surface area contributed by atoms with Crippen molar-refractivity contribution < 1.29 is 5.11 Å². The van der Waals surface area contributed by atoms with Crippen LogP contribution in [0, 0.1) is 0 Å². The average molecular weight is 202 g/mol. The molecule has 3 nitrogen and oxygen atoms in total. The molecule has 3 heteroatoms. The summed E-state index contributed by atoms with van der Waals surface area (Å²) in [5, 5.41) is 7.57. The van der Waals surface area contributed by atoms with E-state index in [4.69, 9.17) is 5.11 Å². The number of nitrogens with zero attached hydrogens (tertiary/aromatic N) is 2. The van der Waals surface area contributed by atoms with Gasteiger partial charge in [-0.3, -0.25) is 9.97 Å². The lowest BCUT2D eigenvalue weighted by atomic mass is 9.95. The number of fused-ring (bicyclic) bond motifs is 1. The maximum absolute atomic E-state index is 7.57. The Hall–Kier alpha value is -1.74. The van der Waals surface area contributed by atoms with Gasteiger partial charge in [0, 0.05) is 31.4 Å². The third-order valence-electron chi connectivity index (χ3n) is 1.70. The molecule has 2 aliphatic rings. The molecule has 0 atom stereocenters. The third-order valence-corrected chi connectivity index (χ3v) is 1.70. The second-order valence-corrected chi connectivity index (χ2v) is 2.79. The second kappa shape index (κ2) is 6.68. The second-order valence-electron chi connectivity index (χ2n) is 2.79. The summed E-state index contributed by atoms with van der Waals surface area (Å²) in [7, 11) is 0. The first kappa shape index (κ1) is 11.3. The number of hydrogen-bond acceptors (Lipinski definition) is 3. The van der Waals surface area contributed by atoms with E-state index in [0.717, 1.165) is 0 Å². The van der Waals surface area contributed by atoms with Gasteiger partial charge in [-0.1, -0.05) is 24.3 Å². The molecule has 78 valence electrons. The van der Waals surface area contributed by atoms with Crippen molar-refractivity contribution in [2.45, 2.75) is 6.92 Å². The van der Waals surface area contributed by atoms with Crippen molar-refractivity contribution in [1.29, 1.82) is 0 Å². The van der Waals surface area contributed by atoms with Gasteiger partial charge in [0.15, 0.2) is 0 Å². The van der Waals surface area contributed by atoms with Crippen LogP contribution in [0.2, 0.25) is 0 Å². The summed E-state index contributed by atoms with van der Waals surface area (Å²) in [4.78, 5) is 7.44. The van der Waals surface area contributed by atoms with Crippen LogP contribution in [0.1, 0.15) is 6.92 Å². The van der Waals surface area contributed by atoms with Gasteiger partial charge in [-0.15, -0.1) is 0 Å². The van der Waals surface area contributed by atoms with E-state index in [0.29, 0.717) is 0 Å². The summed E-state index contributed by atoms with van der Waals surface area (Å²) in [6, 6.07) is 8.48. The molecule has 0 aromatic carbocycles. The Balaban J connectivity index is 0.000000121. The highest BCUT2D eigenvalue weighted by molar-refractivity contribution is 5.75. The Morgan fingerprint density at radius 3 is 1.20 bits per heavy atom. The van der Waals surface area contributed by atoms with Crippen molar-refractivity contribution >= 4 is 0 Å². The molecule has 0 amide bonds. The Morgan fingerprint density at radius 2 is 1.13 bits per heavy atom. The van der Waals surface area contributed by atoms with E-state index in [9.17, 15) is 0 Å². The molecule has 1 aromatic rings. The number of hydrogen-bond donors (Lipinski definition) is 1. The van der Waals surface area contributed by atoms with E-state index in [2.05, 4.69) is 34.2 Å². The fourth-order valence-corrected chi connectivity index (χ4v) is 0.916. The van der Waals surface area contributed by atoms with E-state index in [1.807, 2.05) is 0 Å². The van der Waals surface area contributed by atoms with Gasteiger partial charge in [0.25, 0.3) is 0 Å². The zero-order valence-electron chi connectivity index (χ0n) is 8.67. The van der Waals surface area contributed by atoms with Crippen LogP contribution in [0.15, 0.2) is 49.1 Å². The SMILES string of the molecule is CCO.c1cc2ccc1-2.c1cnccn1. The minimum atomic E-state index is 0.250. The van der Waals surface area contributed by atoms with Crippen LogP contribution in [0.5, 0.6) is 0 Å². The molecular formula is C12H14N2O. The predicted molar refractivity (Wildman–Crippen MR) is 60.2 cm³/mol. The standard InChI is InChI=1S/C6H4.C4H4N2.C2H6O/c1-2-6-4-3-5(1)6;1-2-6-4-3-5-1;1-2-3/h2*1-4H;3H,2H2,1H3. The highest BCUT2D eigenvalue weighted by Crippen LogP contribution is 2.29. The zero-order chi connectivity index (χ0) is 10.9. The lowest BCUT2D eigenvalue weighted by Gasteiger charge is -2.10. The van der Waals surface area contributed by atoms with Crippen LogP contribution in [0.3, 0.4) is 0 Å². The Kier molecular flexibility index (Phi) is 5.04. The number of benzene rings is 1. The largest absolute Gasteiger partial charge is 0.397 e. The summed E-state index contributed by atoms with van der Waals surface area (Å²) in [6.07, 6.45) is 6.56. The topological polar surface area (TPSA) is 46.0 Å². The van der Waals surface area contributed by atoms with E-state index in [1.165, 1.54) is 11.1 Å². The molecule has 0 aliphatic heterocycles. The van der Waals surface area contributed by atoms with Crippen molar-refractivity contribution in [3.05, 3.63) is 49.1 Å². The van der Waals surface area contributed by atoms with Crippen LogP contribution >= 0.6 is 0 Å². The molecule has 0 spiro atoms. The Labute approximate surface area is 89.5 Å². The summed E-state index contributed by atoms with van der Waals surface area (Å²) in [5.74, 6) is 0. The highest BCUT2D eigenvalue weighted by atomic mass is 16.2. The summed E-state index contributed by atoms with van der Waals surface area (Å²) in [6.45, 7) is 1.93. The van der Waals surface area contributed by atoms with Gasteiger partial charge < -0.3 is 5.11 Å². The number of rotatable bonds is 0. The fraction of sp³-hybridized carbons (Fsp3) is 0.167. The molecule has 0 saturated carbocycles. The first-order valence-corrected chi connectivity index (χ1v) is 4.79. The van der Waals surface area contributed by atoms with Crippen molar-refractivity contribution in [2.24, 2.45) is 0 Å². The van der Waals surface area contributed by atoms with Crippen LogP contribution in [-0.4, -0.2) is 21.7 Å². The van der Waals surface area contributed by atoms with E-state index in [-0.39, 0.29) is 6.61 Å². The average Bonchev–Trinajstić information content (AvgIpc) is 2.28. The summed E-state index contributed by atoms with van der Waals surface area (Å²) < 4.78 is 0. The van der Waals surface area contributed by atoms with Crippen molar-refractivity contribution in [2.75, 3.05) is 6.61 Å². The quantitative estimate of drug-likeness (QED) is 0.607. The lowest BCUT2D eigenvalue weighted by molar-refractivity contribution is 0.318. The first-order valence-electron chi connectivity index (χ1n) is 4.79. The molecule has 3 rings (SSSR count). The molecule has 1 heterocycles. The molecule has 0 unspecified atom stereocenters. The number of aliphatic hydroxyl groups excluding tert-OH is 1. The molecule has 0 bridgehead atoms. The molecule has 1 aromatic heterocycles. The molecule has 2 aliphatic carbocycles. The molecular weight excluding hydrogens is 188 g/mol. The fourth-order valence-electron chi connectivity index (χ4n) is 0.916. The normalized spacial score (nSPS) is 8.93.